The first-order valence-electron chi connectivity index (χ1n) is 7.08. The Morgan fingerprint density at radius 1 is 1.20 bits per heavy atom. The summed E-state index contributed by atoms with van der Waals surface area (Å²) in [5.74, 6) is 1.07. The summed E-state index contributed by atoms with van der Waals surface area (Å²) in [7, 11) is 0. The third-order valence-electron chi connectivity index (χ3n) is 3.60. The molecule has 108 valence electrons. The molecule has 1 aromatic carbocycles. The standard InChI is InChI=1S/C15H22N4O/c1-15(2,3)14-17-12-10-11(16)4-5-13(12)19(14)18-6-8-20-9-7-18/h4-5,10H,6-9,16H2,1-3H3. The molecule has 2 N–H and O–H groups in total. The van der Waals surface area contributed by atoms with Gasteiger partial charge in [0, 0.05) is 11.1 Å². The fourth-order valence-corrected chi connectivity index (χ4v) is 2.61. The topological polar surface area (TPSA) is 56.3 Å². The molecule has 0 saturated carbocycles. The molecule has 2 aromatic rings. The molecule has 0 atom stereocenters. The Labute approximate surface area is 119 Å². The van der Waals surface area contributed by atoms with Crippen molar-refractivity contribution in [3.8, 4) is 0 Å². The van der Waals surface area contributed by atoms with Crippen LogP contribution in [0.15, 0.2) is 18.2 Å². The van der Waals surface area contributed by atoms with Gasteiger partial charge in [0.15, 0.2) is 0 Å². The number of hydrogen-bond donors (Lipinski definition) is 1. The average molecular weight is 274 g/mol. The van der Waals surface area contributed by atoms with Gasteiger partial charge in [-0.2, -0.15) is 0 Å². The number of imidazole rings is 1. The van der Waals surface area contributed by atoms with Crippen LogP contribution in [0, 0.1) is 0 Å². The summed E-state index contributed by atoms with van der Waals surface area (Å²) in [5, 5.41) is 2.32. The predicted octanol–water partition coefficient (Wildman–Crippen LogP) is 1.88. The van der Waals surface area contributed by atoms with Crippen LogP contribution in [0.25, 0.3) is 11.0 Å². The molecular weight excluding hydrogens is 252 g/mol. The number of anilines is 1. The fraction of sp³-hybridized carbons (Fsp3) is 0.533. The molecule has 2 heterocycles. The van der Waals surface area contributed by atoms with E-state index in [0.29, 0.717) is 0 Å². The molecule has 0 radical (unpaired) electrons. The van der Waals surface area contributed by atoms with Crippen molar-refractivity contribution < 1.29 is 4.74 Å². The van der Waals surface area contributed by atoms with Gasteiger partial charge in [0.1, 0.15) is 5.82 Å². The predicted molar refractivity (Wildman–Crippen MR) is 81.6 cm³/mol. The van der Waals surface area contributed by atoms with E-state index in [9.17, 15) is 0 Å². The van der Waals surface area contributed by atoms with Crippen LogP contribution in [0.3, 0.4) is 0 Å². The van der Waals surface area contributed by atoms with E-state index in [1.807, 2.05) is 12.1 Å². The van der Waals surface area contributed by atoms with Crippen LogP contribution in [-0.2, 0) is 10.2 Å². The lowest BCUT2D eigenvalue weighted by atomic mass is 9.96. The number of nitrogens with zero attached hydrogens (tertiary/aromatic N) is 3. The third-order valence-corrected chi connectivity index (χ3v) is 3.60. The van der Waals surface area contributed by atoms with Crippen LogP contribution >= 0.6 is 0 Å². The molecule has 0 amide bonds. The van der Waals surface area contributed by atoms with E-state index in [2.05, 4.69) is 36.5 Å². The lowest BCUT2D eigenvalue weighted by molar-refractivity contribution is 0.111. The number of fused-ring (bicyclic) bond motifs is 1. The highest BCUT2D eigenvalue weighted by Crippen LogP contribution is 2.28. The summed E-state index contributed by atoms with van der Waals surface area (Å²) in [6.45, 7) is 9.87. The molecule has 0 bridgehead atoms. The minimum absolute atomic E-state index is 0.0217. The van der Waals surface area contributed by atoms with Crippen molar-refractivity contribution in [1.29, 1.82) is 0 Å². The summed E-state index contributed by atoms with van der Waals surface area (Å²) in [6.07, 6.45) is 0. The van der Waals surface area contributed by atoms with E-state index in [-0.39, 0.29) is 5.41 Å². The van der Waals surface area contributed by atoms with E-state index < -0.39 is 0 Å². The van der Waals surface area contributed by atoms with Crippen LogP contribution in [-0.4, -0.2) is 36.0 Å². The van der Waals surface area contributed by atoms with Gasteiger partial charge >= 0.3 is 0 Å². The van der Waals surface area contributed by atoms with Gasteiger partial charge in [0.05, 0.1) is 37.3 Å². The van der Waals surface area contributed by atoms with Gasteiger partial charge < -0.3 is 15.5 Å². The molecule has 1 fully saturated rings. The van der Waals surface area contributed by atoms with Crippen molar-refractivity contribution >= 4 is 16.7 Å². The smallest absolute Gasteiger partial charge is 0.134 e. The first-order valence-corrected chi connectivity index (χ1v) is 7.08. The second-order valence-corrected chi connectivity index (χ2v) is 6.31. The van der Waals surface area contributed by atoms with Crippen molar-refractivity contribution in [2.24, 2.45) is 0 Å². The van der Waals surface area contributed by atoms with Gasteiger partial charge in [-0.25, -0.2) is 9.66 Å². The summed E-state index contributed by atoms with van der Waals surface area (Å²) in [5.41, 5.74) is 8.70. The van der Waals surface area contributed by atoms with E-state index in [1.54, 1.807) is 0 Å². The number of nitrogens with two attached hydrogens (primary N) is 1. The van der Waals surface area contributed by atoms with Crippen LogP contribution in [0.5, 0.6) is 0 Å². The minimum Gasteiger partial charge on any atom is -0.399 e. The molecule has 3 rings (SSSR count). The van der Waals surface area contributed by atoms with Gasteiger partial charge in [0.25, 0.3) is 0 Å². The largest absolute Gasteiger partial charge is 0.399 e. The number of ether oxygens (including phenoxy) is 1. The second-order valence-electron chi connectivity index (χ2n) is 6.31. The first-order chi connectivity index (χ1) is 9.47. The highest BCUT2D eigenvalue weighted by molar-refractivity contribution is 5.80. The maximum atomic E-state index is 5.89. The normalized spacial score (nSPS) is 16.9. The molecule has 5 nitrogen and oxygen atoms in total. The maximum Gasteiger partial charge on any atom is 0.134 e. The quantitative estimate of drug-likeness (QED) is 0.807. The molecule has 1 aliphatic heterocycles. The molecule has 1 saturated heterocycles. The van der Waals surface area contributed by atoms with Gasteiger partial charge in [-0.1, -0.05) is 20.8 Å². The van der Waals surface area contributed by atoms with Crippen molar-refractivity contribution in [3.05, 3.63) is 24.0 Å². The van der Waals surface area contributed by atoms with Gasteiger partial charge in [-0.3, -0.25) is 0 Å². The fourth-order valence-electron chi connectivity index (χ4n) is 2.61. The Kier molecular flexibility index (Phi) is 3.09. The molecule has 0 aliphatic carbocycles. The van der Waals surface area contributed by atoms with Crippen LogP contribution < -0.4 is 10.7 Å². The Morgan fingerprint density at radius 2 is 1.90 bits per heavy atom. The van der Waals surface area contributed by atoms with Crippen LogP contribution in [0.2, 0.25) is 0 Å². The van der Waals surface area contributed by atoms with Gasteiger partial charge in [-0.05, 0) is 18.2 Å². The van der Waals surface area contributed by atoms with E-state index in [1.165, 1.54) is 0 Å². The first kappa shape index (κ1) is 13.2. The van der Waals surface area contributed by atoms with E-state index in [0.717, 1.165) is 48.8 Å². The zero-order valence-corrected chi connectivity index (χ0v) is 12.4. The van der Waals surface area contributed by atoms with Crippen LogP contribution in [0.4, 0.5) is 5.69 Å². The van der Waals surface area contributed by atoms with Crippen LogP contribution in [0.1, 0.15) is 26.6 Å². The summed E-state index contributed by atoms with van der Waals surface area (Å²) in [4.78, 5) is 4.82. The van der Waals surface area contributed by atoms with E-state index >= 15 is 0 Å². The molecule has 20 heavy (non-hydrogen) atoms. The summed E-state index contributed by atoms with van der Waals surface area (Å²) in [6, 6.07) is 5.94. The summed E-state index contributed by atoms with van der Waals surface area (Å²) < 4.78 is 7.71. The van der Waals surface area contributed by atoms with Crippen molar-refractivity contribution in [2.75, 3.05) is 37.0 Å². The van der Waals surface area contributed by atoms with E-state index in [4.69, 9.17) is 15.5 Å². The second kappa shape index (κ2) is 4.66. The van der Waals surface area contributed by atoms with Crippen molar-refractivity contribution in [2.45, 2.75) is 26.2 Å². The molecule has 1 aromatic heterocycles. The number of aromatic nitrogens is 2. The Morgan fingerprint density at radius 3 is 2.55 bits per heavy atom. The Bertz CT molecular complexity index is 621. The van der Waals surface area contributed by atoms with Gasteiger partial charge in [0.2, 0.25) is 0 Å². The minimum atomic E-state index is -0.0217. The molecule has 1 aliphatic rings. The zero-order chi connectivity index (χ0) is 14.3. The Hall–Kier alpha value is -1.75. The summed E-state index contributed by atoms with van der Waals surface area (Å²) >= 11 is 0. The number of rotatable bonds is 1. The number of morpholine rings is 1. The molecule has 0 unspecified atom stereocenters. The van der Waals surface area contributed by atoms with Crippen molar-refractivity contribution in [1.82, 2.24) is 9.66 Å². The highest BCUT2D eigenvalue weighted by atomic mass is 16.5. The lowest BCUT2D eigenvalue weighted by Crippen LogP contribution is -2.45. The maximum absolute atomic E-state index is 5.89. The number of hydrogen-bond acceptors (Lipinski definition) is 4. The van der Waals surface area contributed by atoms with Crippen molar-refractivity contribution in [3.63, 3.8) is 0 Å². The molecule has 0 spiro atoms. The Balaban J connectivity index is 2.20. The zero-order valence-electron chi connectivity index (χ0n) is 12.4. The molecular formula is C15H22N4O. The average Bonchev–Trinajstić information content (AvgIpc) is 2.78. The molecule has 5 heteroatoms. The monoisotopic (exact) mass is 274 g/mol. The SMILES string of the molecule is CC(C)(C)c1nc2cc(N)ccc2n1N1CCOCC1. The van der Waals surface area contributed by atoms with Gasteiger partial charge in [-0.15, -0.1) is 0 Å². The third kappa shape index (κ3) is 2.22. The highest BCUT2D eigenvalue weighted by Gasteiger charge is 2.26. The number of nitrogen functional groups attached to an aromatic ring is 1. The number of benzene rings is 1. The lowest BCUT2D eigenvalue weighted by Gasteiger charge is -2.33.